The van der Waals surface area contributed by atoms with E-state index in [4.69, 9.17) is 9.63 Å². The van der Waals surface area contributed by atoms with Gasteiger partial charge in [0.2, 0.25) is 0 Å². The number of ether oxygens (including phenoxy) is 2. The second kappa shape index (κ2) is 13.8. The fourth-order valence-electron chi connectivity index (χ4n) is 4.00. The minimum absolute atomic E-state index is 0.119. The zero-order valence-electron chi connectivity index (χ0n) is 19.6. The lowest BCUT2D eigenvalue weighted by Crippen LogP contribution is -2.47. The van der Waals surface area contributed by atoms with E-state index in [2.05, 4.69) is 14.6 Å². The highest BCUT2D eigenvalue weighted by Crippen LogP contribution is 2.39. The summed E-state index contributed by atoms with van der Waals surface area (Å²) in [5.41, 5.74) is 0.940. The van der Waals surface area contributed by atoms with E-state index in [0.29, 0.717) is 54.5 Å². The van der Waals surface area contributed by atoms with Crippen LogP contribution < -0.4 is 10.1 Å². The third kappa shape index (κ3) is 9.04. The van der Waals surface area contributed by atoms with Crippen LogP contribution in [0.15, 0.2) is 47.4 Å². The van der Waals surface area contributed by atoms with Crippen molar-refractivity contribution >= 4 is 20.0 Å². The second-order valence-electron chi connectivity index (χ2n) is 8.53. The molecule has 0 spiro atoms. The number of alkyl halides is 3. The van der Waals surface area contributed by atoms with E-state index in [9.17, 15) is 22.1 Å². The van der Waals surface area contributed by atoms with Gasteiger partial charge in [0.05, 0.1) is 19.8 Å². The van der Waals surface area contributed by atoms with E-state index in [1.165, 1.54) is 23.9 Å². The molecule has 3 rings (SSSR count). The van der Waals surface area contributed by atoms with Gasteiger partial charge in [-0.1, -0.05) is 30.7 Å². The van der Waals surface area contributed by atoms with Crippen molar-refractivity contribution in [3.05, 3.63) is 59.4 Å². The Kier molecular flexibility index (Phi) is 11.1. The van der Waals surface area contributed by atoms with Crippen molar-refractivity contribution < 1.29 is 41.0 Å². The minimum atomic E-state index is -4.81. The monoisotopic (exact) mass is 551 g/mol. The van der Waals surface area contributed by atoms with Crippen LogP contribution in [0, 0.1) is 5.82 Å². The van der Waals surface area contributed by atoms with Gasteiger partial charge in [0.15, 0.2) is 0 Å². The minimum Gasteiger partial charge on any atom is -0.405 e. The summed E-state index contributed by atoms with van der Waals surface area (Å²) in [6.45, 7) is 1.84. The molecule has 1 aliphatic heterocycles. The van der Waals surface area contributed by atoms with Crippen LogP contribution in [0.3, 0.4) is 0 Å². The topological polar surface area (TPSA) is 77.0 Å². The maximum Gasteiger partial charge on any atom is 0.573 e. The third-order valence-electron chi connectivity index (χ3n) is 5.80. The highest BCUT2D eigenvalue weighted by Gasteiger charge is 2.41. The van der Waals surface area contributed by atoms with Crippen molar-refractivity contribution in [3.8, 4) is 5.75 Å². The van der Waals surface area contributed by atoms with Gasteiger partial charge in [-0.05, 0) is 60.9 Å². The number of unbranched alkanes of at least 4 members (excludes halogenated alkanes) is 1. The molecule has 0 saturated carbocycles. The van der Waals surface area contributed by atoms with Crippen LogP contribution >= 0.6 is 20.0 Å². The molecule has 200 valence electrons. The predicted octanol–water partition coefficient (Wildman–Crippen LogP) is 5.83. The number of benzene rings is 2. The molecule has 12 heteroatoms. The quantitative estimate of drug-likeness (QED) is 0.125. The Morgan fingerprint density at radius 2 is 1.92 bits per heavy atom. The zero-order valence-corrected chi connectivity index (χ0v) is 21.4. The number of nitrogens with one attached hydrogen (secondary N) is 1. The van der Waals surface area contributed by atoms with E-state index in [1.807, 2.05) is 6.07 Å². The summed E-state index contributed by atoms with van der Waals surface area (Å²) in [7, 11) is -2.96. The van der Waals surface area contributed by atoms with E-state index in [-0.39, 0.29) is 23.6 Å². The molecule has 1 heterocycles. The van der Waals surface area contributed by atoms with Gasteiger partial charge < -0.3 is 24.2 Å². The van der Waals surface area contributed by atoms with Crippen molar-refractivity contribution in [3.63, 3.8) is 0 Å². The molecule has 1 aliphatic rings. The van der Waals surface area contributed by atoms with Crippen LogP contribution in [-0.4, -0.2) is 43.4 Å². The third-order valence-corrected chi connectivity index (χ3v) is 7.39. The fourth-order valence-corrected chi connectivity index (χ4v) is 5.29. The average Bonchev–Trinajstić information content (AvgIpc) is 2.78. The number of hydrogen-bond donors (Lipinski definition) is 2. The van der Waals surface area contributed by atoms with Gasteiger partial charge in [-0.25, -0.2) is 4.39 Å². The largest absolute Gasteiger partial charge is 0.573 e. The molecule has 2 N–H and O–H groups in total. The highest BCUT2D eigenvalue weighted by atomic mass is 32.2. The Balaban J connectivity index is 1.49. The van der Waals surface area contributed by atoms with Crippen LogP contribution in [0.4, 0.5) is 17.6 Å². The normalized spacial score (nSPS) is 15.9. The fraction of sp³-hybridized carbons (Fsp3) is 0.500. The van der Waals surface area contributed by atoms with E-state index in [1.54, 1.807) is 24.3 Å². The van der Waals surface area contributed by atoms with Crippen LogP contribution in [-0.2, 0) is 25.8 Å². The van der Waals surface area contributed by atoms with Crippen molar-refractivity contribution in [2.75, 3.05) is 32.1 Å². The van der Waals surface area contributed by atoms with Crippen molar-refractivity contribution in [1.82, 2.24) is 5.32 Å². The average molecular weight is 552 g/mol. The maximum atomic E-state index is 14.3. The van der Waals surface area contributed by atoms with E-state index >= 15 is 0 Å². The van der Waals surface area contributed by atoms with Gasteiger partial charge in [0, 0.05) is 16.9 Å². The molecule has 0 aromatic heterocycles. The lowest BCUT2D eigenvalue weighted by atomic mass is 9.74. The molecule has 1 saturated heterocycles. The molecule has 1 unspecified atom stereocenters. The Hall–Kier alpha value is -1.62. The van der Waals surface area contributed by atoms with Gasteiger partial charge in [-0.3, -0.25) is 4.57 Å². The van der Waals surface area contributed by atoms with Crippen LogP contribution in [0.5, 0.6) is 5.75 Å². The van der Waals surface area contributed by atoms with Crippen molar-refractivity contribution in [2.24, 2.45) is 0 Å². The number of halogens is 4. The molecule has 0 bridgehead atoms. The molecule has 36 heavy (non-hydrogen) atoms. The van der Waals surface area contributed by atoms with Crippen LogP contribution in [0.25, 0.3) is 0 Å². The van der Waals surface area contributed by atoms with Gasteiger partial charge in [0.25, 0.3) is 0 Å². The summed E-state index contributed by atoms with van der Waals surface area (Å²) in [5.74, 6) is 0.104. The zero-order chi connectivity index (χ0) is 26.0. The number of thioether (sulfide) groups is 1. The second-order valence-corrected chi connectivity index (χ2v) is 10.5. The Morgan fingerprint density at radius 1 is 1.14 bits per heavy atom. The van der Waals surface area contributed by atoms with E-state index in [0.717, 1.165) is 19.3 Å². The first-order valence-corrected chi connectivity index (χ1v) is 13.8. The predicted molar refractivity (Wildman–Crippen MR) is 130 cm³/mol. The Morgan fingerprint density at radius 3 is 2.58 bits per heavy atom. The van der Waals surface area contributed by atoms with Crippen LogP contribution in [0.2, 0.25) is 0 Å². The standard InChI is InChI=1S/C24H30F4NO5PS/c25-20-7-2-1-6-19(20)23(16-32-17-23)10-3-4-13-36-22-9-8-18(14-21(22)34-24(26,27)28)15-29-11-5-12-33-35(30)31/h1-2,6-9,14,29,35H,3-5,10-13,15-17H2,(H,30,31). The Bertz CT molecular complexity index is 1010. The van der Waals surface area contributed by atoms with Gasteiger partial charge >= 0.3 is 14.6 Å². The summed E-state index contributed by atoms with van der Waals surface area (Å²) < 4.78 is 77.9. The summed E-state index contributed by atoms with van der Waals surface area (Å²) in [6, 6.07) is 11.4. The number of hydrogen-bond acceptors (Lipinski definition) is 6. The van der Waals surface area contributed by atoms with Crippen molar-refractivity contribution in [1.29, 1.82) is 0 Å². The summed E-state index contributed by atoms with van der Waals surface area (Å²) in [4.78, 5) is 9.01. The molecule has 2 aromatic carbocycles. The lowest BCUT2D eigenvalue weighted by molar-refractivity contribution is -0.275. The van der Waals surface area contributed by atoms with E-state index < -0.39 is 14.6 Å². The first-order chi connectivity index (χ1) is 17.2. The molecule has 6 nitrogen and oxygen atoms in total. The van der Waals surface area contributed by atoms with Crippen molar-refractivity contribution in [2.45, 2.75) is 48.9 Å². The maximum absolute atomic E-state index is 14.3. The first-order valence-electron chi connectivity index (χ1n) is 11.6. The molecule has 1 fully saturated rings. The first kappa shape index (κ1) is 28.9. The molecular formula is C24H30F4NO5PS. The van der Waals surface area contributed by atoms with Gasteiger partial charge in [-0.15, -0.1) is 24.9 Å². The molecule has 0 amide bonds. The molecule has 2 aromatic rings. The van der Waals surface area contributed by atoms with Crippen LogP contribution in [0.1, 0.15) is 36.8 Å². The highest BCUT2D eigenvalue weighted by molar-refractivity contribution is 7.99. The number of rotatable bonds is 15. The van der Waals surface area contributed by atoms with Gasteiger partial charge in [0.1, 0.15) is 11.6 Å². The summed E-state index contributed by atoms with van der Waals surface area (Å²) >= 11 is 1.29. The Labute approximate surface area is 212 Å². The van der Waals surface area contributed by atoms with Gasteiger partial charge in [-0.2, -0.15) is 0 Å². The summed E-state index contributed by atoms with van der Waals surface area (Å²) in [5, 5.41) is 3.05. The smallest absolute Gasteiger partial charge is 0.405 e. The molecule has 1 atom stereocenters. The SMILES string of the molecule is O=[PH](O)OCCCNCc1ccc(SCCCCC2(c3ccccc3F)COC2)c(OC(F)(F)F)c1. The summed E-state index contributed by atoms with van der Waals surface area (Å²) in [6.07, 6.45) is -2.04. The molecule has 0 radical (unpaired) electrons. The molecule has 0 aliphatic carbocycles. The molecular weight excluding hydrogens is 521 g/mol. The lowest BCUT2D eigenvalue weighted by Gasteiger charge is -2.42.